The predicted molar refractivity (Wildman–Crippen MR) is 134 cm³/mol. The highest BCUT2D eigenvalue weighted by atomic mass is 16.5. The van der Waals surface area contributed by atoms with Crippen molar-refractivity contribution in [3.05, 3.63) is 95.6 Å². The Morgan fingerprint density at radius 3 is 2.69 bits per heavy atom. The van der Waals surface area contributed by atoms with Gasteiger partial charge in [0, 0.05) is 29.2 Å². The molecule has 0 spiro atoms. The average molecular weight is 484 g/mol. The van der Waals surface area contributed by atoms with Crippen LogP contribution in [0.5, 0.6) is 5.75 Å². The van der Waals surface area contributed by atoms with E-state index in [2.05, 4.69) is 9.88 Å². The van der Waals surface area contributed by atoms with Gasteiger partial charge in [0.05, 0.1) is 19.4 Å². The third kappa shape index (κ3) is 4.79. The maximum absolute atomic E-state index is 13.1. The maximum Gasteiger partial charge on any atom is 0.331 e. The van der Waals surface area contributed by atoms with E-state index in [4.69, 9.17) is 9.15 Å². The third-order valence-electron chi connectivity index (χ3n) is 6.00. The molecule has 0 radical (unpaired) electrons. The monoisotopic (exact) mass is 483 g/mol. The minimum atomic E-state index is -0.769. The lowest BCUT2D eigenvalue weighted by Gasteiger charge is -2.25. The van der Waals surface area contributed by atoms with Crippen molar-refractivity contribution in [3.8, 4) is 5.75 Å². The van der Waals surface area contributed by atoms with Gasteiger partial charge in [0.1, 0.15) is 17.1 Å². The number of rotatable bonds is 8. The molecule has 4 aromatic rings. The van der Waals surface area contributed by atoms with Gasteiger partial charge in [0.25, 0.3) is 11.8 Å². The lowest BCUT2D eigenvalue weighted by Crippen LogP contribution is -2.53. The summed E-state index contributed by atoms with van der Waals surface area (Å²) < 4.78 is 13.2. The molecule has 1 N–H and O–H groups in total. The molecule has 0 bridgehead atoms. The molecule has 182 valence electrons. The Labute approximate surface area is 207 Å². The quantitative estimate of drug-likeness (QED) is 0.223. The lowest BCUT2D eigenvalue weighted by atomic mass is 10.1. The summed E-state index contributed by atoms with van der Waals surface area (Å²) in [5.41, 5.74) is 2.74. The Morgan fingerprint density at radius 2 is 1.89 bits per heavy atom. The molecule has 0 aliphatic carbocycles. The molecule has 0 saturated carbocycles. The smallest absolute Gasteiger partial charge is 0.331 e. The topological polar surface area (TPSA) is 93.8 Å². The summed E-state index contributed by atoms with van der Waals surface area (Å²) in [5.74, 6) is -0.0995. The van der Waals surface area contributed by atoms with Crippen LogP contribution in [0.1, 0.15) is 23.3 Å². The number of urea groups is 1. The van der Waals surface area contributed by atoms with Crippen LogP contribution < -0.4 is 10.1 Å². The average Bonchev–Trinajstić information content (AvgIpc) is 3.50. The fourth-order valence-electron chi connectivity index (χ4n) is 4.26. The minimum absolute atomic E-state index is 0.0645. The van der Waals surface area contributed by atoms with Crippen molar-refractivity contribution in [2.75, 3.05) is 6.61 Å². The second kappa shape index (κ2) is 9.95. The summed E-state index contributed by atoms with van der Waals surface area (Å²) in [4.78, 5) is 39.0. The van der Waals surface area contributed by atoms with Gasteiger partial charge in [-0.2, -0.15) is 0 Å². The first-order valence-electron chi connectivity index (χ1n) is 11.7. The normalized spacial score (nSPS) is 15.1. The molecule has 1 aliphatic rings. The molecule has 5 rings (SSSR count). The number of fused-ring (bicyclic) bond motifs is 1. The Balaban J connectivity index is 1.36. The summed E-state index contributed by atoms with van der Waals surface area (Å²) in [6, 6.07) is 18.3. The van der Waals surface area contributed by atoms with Gasteiger partial charge in [-0.3, -0.25) is 19.8 Å². The molecule has 2 aromatic heterocycles. The molecule has 8 heteroatoms. The number of benzene rings is 2. The Bertz CT molecular complexity index is 1470. The number of hydrogen-bond acceptors (Lipinski definition) is 5. The van der Waals surface area contributed by atoms with Crippen LogP contribution in [0.3, 0.4) is 0 Å². The standard InChI is InChI=1S/C28H25N3O5/c1-19-7-4-8-21(15-19)35-14-6-12-30-17-20(23-10-2-3-11-25(23)30)16-24-26(32)29-28(34)31(27(24)33)18-22-9-5-13-36-22/h2-5,7-11,13,15-17H,6,12,14,18H2,1H3,(H,29,32,34)/b24-16+. The van der Waals surface area contributed by atoms with Crippen LogP contribution in [0.4, 0.5) is 4.79 Å². The van der Waals surface area contributed by atoms with E-state index in [9.17, 15) is 14.4 Å². The number of nitrogens with zero attached hydrogens (tertiary/aromatic N) is 2. The molecule has 8 nitrogen and oxygen atoms in total. The zero-order chi connectivity index (χ0) is 25.1. The highest BCUT2D eigenvalue weighted by Gasteiger charge is 2.36. The fourth-order valence-corrected chi connectivity index (χ4v) is 4.26. The van der Waals surface area contributed by atoms with E-state index in [1.54, 1.807) is 18.2 Å². The summed E-state index contributed by atoms with van der Waals surface area (Å²) in [5, 5.41) is 3.16. The molecule has 0 atom stereocenters. The molecule has 36 heavy (non-hydrogen) atoms. The molecule has 2 aromatic carbocycles. The van der Waals surface area contributed by atoms with Crippen LogP contribution in [-0.2, 0) is 22.7 Å². The minimum Gasteiger partial charge on any atom is -0.494 e. The second-order valence-corrected chi connectivity index (χ2v) is 8.60. The Kier molecular flexibility index (Phi) is 6.40. The summed E-state index contributed by atoms with van der Waals surface area (Å²) in [6.45, 7) is 3.21. The van der Waals surface area contributed by atoms with Crippen LogP contribution in [0.15, 0.2) is 83.1 Å². The van der Waals surface area contributed by atoms with Gasteiger partial charge >= 0.3 is 6.03 Å². The molecule has 4 amide bonds. The van der Waals surface area contributed by atoms with Crippen molar-refractivity contribution in [1.29, 1.82) is 0 Å². The van der Waals surface area contributed by atoms with Gasteiger partial charge in [0.2, 0.25) is 0 Å². The zero-order valence-corrected chi connectivity index (χ0v) is 19.8. The van der Waals surface area contributed by atoms with E-state index in [1.165, 1.54) is 6.26 Å². The first-order chi connectivity index (χ1) is 17.5. The Hall–Kier alpha value is -4.59. The van der Waals surface area contributed by atoms with Gasteiger partial charge in [-0.1, -0.05) is 30.3 Å². The summed E-state index contributed by atoms with van der Waals surface area (Å²) in [7, 11) is 0. The molecular weight excluding hydrogens is 458 g/mol. The van der Waals surface area contributed by atoms with Crippen molar-refractivity contribution in [2.45, 2.75) is 26.4 Å². The molecular formula is C28H25N3O5. The number of barbiturate groups is 1. The number of ether oxygens (including phenoxy) is 1. The van der Waals surface area contributed by atoms with Crippen LogP contribution in [0.25, 0.3) is 17.0 Å². The highest BCUT2D eigenvalue weighted by Crippen LogP contribution is 2.26. The van der Waals surface area contributed by atoms with Crippen LogP contribution >= 0.6 is 0 Å². The molecule has 3 heterocycles. The highest BCUT2D eigenvalue weighted by molar-refractivity contribution is 6.31. The van der Waals surface area contributed by atoms with E-state index in [1.807, 2.05) is 61.7 Å². The first kappa shape index (κ1) is 23.2. The number of para-hydroxylation sites is 1. The number of carbonyl (C=O) groups excluding carboxylic acids is 3. The zero-order valence-electron chi connectivity index (χ0n) is 19.8. The number of aryl methyl sites for hydroxylation is 2. The fraction of sp³-hybridized carbons (Fsp3) is 0.179. The number of hydrogen-bond donors (Lipinski definition) is 1. The number of nitrogens with one attached hydrogen (secondary N) is 1. The number of amides is 4. The SMILES string of the molecule is Cc1cccc(OCCCn2cc(/C=C3\C(=O)NC(=O)N(Cc4ccco4)C3=O)c3ccccc32)c1. The van der Waals surface area contributed by atoms with E-state index in [-0.39, 0.29) is 12.1 Å². The molecule has 1 aliphatic heterocycles. The molecule has 1 fully saturated rings. The Morgan fingerprint density at radius 1 is 1.03 bits per heavy atom. The number of aromatic nitrogens is 1. The van der Waals surface area contributed by atoms with Gasteiger partial charge < -0.3 is 13.7 Å². The van der Waals surface area contributed by atoms with Crippen molar-refractivity contribution in [2.24, 2.45) is 0 Å². The number of imide groups is 2. The summed E-state index contributed by atoms with van der Waals surface area (Å²) >= 11 is 0. The van der Waals surface area contributed by atoms with Crippen molar-refractivity contribution < 1.29 is 23.5 Å². The maximum atomic E-state index is 13.1. The largest absolute Gasteiger partial charge is 0.494 e. The number of furan rings is 1. The third-order valence-corrected chi connectivity index (χ3v) is 6.00. The van der Waals surface area contributed by atoms with E-state index < -0.39 is 17.8 Å². The first-order valence-corrected chi connectivity index (χ1v) is 11.7. The van der Waals surface area contributed by atoms with E-state index in [0.29, 0.717) is 18.9 Å². The van der Waals surface area contributed by atoms with Crippen molar-refractivity contribution in [1.82, 2.24) is 14.8 Å². The molecule has 1 saturated heterocycles. The predicted octanol–water partition coefficient (Wildman–Crippen LogP) is 4.67. The molecule has 0 unspecified atom stereocenters. The van der Waals surface area contributed by atoms with E-state index in [0.717, 1.165) is 39.1 Å². The summed E-state index contributed by atoms with van der Waals surface area (Å²) in [6.07, 6.45) is 5.69. The second-order valence-electron chi connectivity index (χ2n) is 8.60. The van der Waals surface area contributed by atoms with Crippen LogP contribution in [0, 0.1) is 6.92 Å². The number of carbonyl (C=O) groups is 3. The van der Waals surface area contributed by atoms with Crippen LogP contribution in [-0.4, -0.2) is 33.9 Å². The van der Waals surface area contributed by atoms with Crippen molar-refractivity contribution >= 4 is 34.8 Å². The van der Waals surface area contributed by atoms with E-state index >= 15 is 0 Å². The van der Waals surface area contributed by atoms with Gasteiger partial charge in [0.15, 0.2) is 0 Å². The lowest BCUT2D eigenvalue weighted by molar-refractivity contribution is -0.130. The van der Waals surface area contributed by atoms with Gasteiger partial charge in [-0.15, -0.1) is 0 Å². The van der Waals surface area contributed by atoms with Crippen LogP contribution in [0.2, 0.25) is 0 Å². The van der Waals surface area contributed by atoms with Crippen molar-refractivity contribution in [3.63, 3.8) is 0 Å². The van der Waals surface area contributed by atoms with Gasteiger partial charge in [-0.25, -0.2) is 4.79 Å². The van der Waals surface area contributed by atoms with Gasteiger partial charge in [-0.05, 0) is 55.3 Å².